The molecular formula is C30H30F2N8O2S. The number of amides is 1. The van der Waals surface area contributed by atoms with Crippen molar-refractivity contribution in [3.8, 4) is 23.2 Å². The van der Waals surface area contributed by atoms with E-state index in [0.29, 0.717) is 55.1 Å². The second-order valence-corrected chi connectivity index (χ2v) is 11.7. The summed E-state index contributed by atoms with van der Waals surface area (Å²) in [6.45, 7) is 6.66. The molecule has 1 amide bonds. The van der Waals surface area contributed by atoms with E-state index in [1.165, 1.54) is 18.2 Å². The van der Waals surface area contributed by atoms with Gasteiger partial charge in [0, 0.05) is 48.7 Å². The molecular weight excluding hydrogens is 574 g/mol. The molecule has 43 heavy (non-hydrogen) atoms. The second-order valence-electron chi connectivity index (χ2n) is 10.7. The van der Waals surface area contributed by atoms with Crippen LogP contribution in [0.3, 0.4) is 0 Å². The van der Waals surface area contributed by atoms with Crippen LogP contribution in [0.2, 0.25) is 0 Å². The van der Waals surface area contributed by atoms with Gasteiger partial charge in [-0.2, -0.15) is 15.2 Å². The molecule has 4 aromatic rings. The summed E-state index contributed by atoms with van der Waals surface area (Å²) in [7, 11) is 2.04. The zero-order valence-electron chi connectivity index (χ0n) is 23.6. The molecule has 2 saturated heterocycles. The minimum atomic E-state index is -0.686. The Kier molecular flexibility index (Phi) is 7.81. The number of benzene rings is 2. The van der Waals surface area contributed by atoms with Crippen molar-refractivity contribution in [1.82, 2.24) is 24.8 Å². The Morgan fingerprint density at radius 1 is 1.21 bits per heavy atom. The maximum Gasteiger partial charge on any atom is 0.319 e. The van der Waals surface area contributed by atoms with Gasteiger partial charge in [0.1, 0.15) is 23.8 Å². The van der Waals surface area contributed by atoms with Crippen molar-refractivity contribution in [2.75, 3.05) is 57.0 Å². The van der Waals surface area contributed by atoms with Crippen LogP contribution in [0.5, 0.6) is 6.01 Å². The number of aromatic nitrogens is 3. The Hall–Kier alpha value is -4.41. The highest BCUT2D eigenvalue weighted by Gasteiger charge is 2.28. The fourth-order valence-electron chi connectivity index (χ4n) is 5.89. The van der Waals surface area contributed by atoms with E-state index in [4.69, 9.17) is 15.5 Å². The van der Waals surface area contributed by atoms with Gasteiger partial charge >= 0.3 is 6.01 Å². The number of likely N-dealkylation sites (tertiary alicyclic amines) is 1. The van der Waals surface area contributed by atoms with Gasteiger partial charge in [-0.1, -0.05) is 17.9 Å². The minimum Gasteiger partial charge on any atom is -0.462 e. The summed E-state index contributed by atoms with van der Waals surface area (Å²) < 4.78 is 37.8. The molecule has 0 bridgehead atoms. The van der Waals surface area contributed by atoms with Gasteiger partial charge in [-0.3, -0.25) is 4.79 Å². The molecule has 0 spiro atoms. The molecule has 222 valence electrons. The fourth-order valence-corrected chi connectivity index (χ4v) is 6.65. The van der Waals surface area contributed by atoms with E-state index in [9.17, 15) is 14.4 Å². The van der Waals surface area contributed by atoms with E-state index < -0.39 is 11.6 Å². The minimum absolute atomic E-state index is 0.0155. The van der Waals surface area contributed by atoms with Crippen molar-refractivity contribution >= 4 is 49.3 Å². The van der Waals surface area contributed by atoms with Gasteiger partial charge in [0.15, 0.2) is 10.9 Å². The number of rotatable bonds is 7. The number of halogens is 2. The molecule has 2 fully saturated rings. The number of nitrogen functional groups attached to an aromatic ring is 1. The normalized spacial score (nSPS) is 17.5. The second kappa shape index (κ2) is 11.7. The summed E-state index contributed by atoms with van der Waals surface area (Å²) in [5, 5.41) is 10.3. The summed E-state index contributed by atoms with van der Waals surface area (Å²) in [4.78, 5) is 31.6. The first-order valence-corrected chi connectivity index (χ1v) is 14.8. The van der Waals surface area contributed by atoms with E-state index in [2.05, 4.69) is 27.5 Å². The molecule has 2 aliphatic heterocycles. The number of thiazole rings is 1. The van der Waals surface area contributed by atoms with Crippen LogP contribution < -0.4 is 15.4 Å². The van der Waals surface area contributed by atoms with E-state index >= 15 is 4.39 Å². The number of fused-ring (bicyclic) bond motifs is 2. The van der Waals surface area contributed by atoms with E-state index in [1.807, 2.05) is 11.9 Å². The van der Waals surface area contributed by atoms with Gasteiger partial charge in [0.05, 0.1) is 22.7 Å². The van der Waals surface area contributed by atoms with Crippen LogP contribution in [-0.4, -0.2) is 83.1 Å². The van der Waals surface area contributed by atoms with Crippen molar-refractivity contribution in [2.45, 2.75) is 25.3 Å². The standard InChI is InChI=1S/C30H30F2N8O2S/c1-3-22(41)39-11-13-40(14-12-39)28-20-15-17(8-9-33)23(19-6-7-21(31)27-26(19)35-29(34)43-27)24(32)25(20)36-30(37-28)42-16-18-5-4-10-38(18)2/h3,6-7,15,18H,1,4-5,8,10-14,16H2,2H3,(H2,34,35). The molecule has 0 radical (unpaired) electrons. The molecule has 2 N–H and O–H groups in total. The van der Waals surface area contributed by atoms with Gasteiger partial charge in [-0.25, -0.2) is 13.8 Å². The highest BCUT2D eigenvalue weighted by Crippen LogP contribution is 2.41. The van der Waals surface area contributed by atoms with Crippen LogP contribution in [-0.2, 0) is 11.2 Å². The number of carbonyl (C=O) groups is 1. The number of hydrogen-bond donors (Lipinski definition) is 1. The smallest absolute Gasteiger partial charge is 0.319 e. The average molecular weight is 605 g/mol. The monoisotopic (exact) mass is 604 g/mol. The average Bonchev–Trinajstić information content (AvgIpc) is 3.62. The highest BCUT2D eigenvalue weighted by molar-refractivity contribution is 7.22. The van der Waals surface area contributed by atoms with Crippen LogP contribution in [0.25, 0.3) is 32.2 Å². The zero-order chi connectivity index (χ0) is 30.2. The maximum absolute atomic E-state index is 16.8. The third-order valence-corrected chi connectivity index (χ3v) is 9.06. The van der Waals surface area contributed by atoms with Gasteiger partial charge in [0.25, 0.3) is 0 Å². The number of nitrogens with two attached hydrogens (primary N) is 1. The van der Waals surface area contributed by atoms with Gasteiger partial charge in [0.2, 0.25) is 5.91 Å². The van der Waals surface area contributed by atoms with Gasteiger partial charge < -0.3 is 25.2 Å². The number of ether oxygens (including phenoxy) is 1. The number of carbonyl (C=O) groups excluding carboxylic acids is 1. The number of piperazine rings is 1. The lowest BCUT2D eigenvalue weighted by molar-refractivity contribution is -0.126. The Morgan fingerprint density at radius 3 is 2.70 bits per heavy atom. The van der Waals surface area contributed by atoms with Crippen LogP contribution in [0, 0.1) is 23.0 Å². The molecule has 1 atom stereocenters. The predicted octanol–water partition coefficient (Wildman–Crippen LogP) is 4.14. The van der Waals surface area contributed by atoms with Gasteiger partial charge in [-0.05, 0) is 56.3 Å². The summed E-state index contributed by atoms with van der Waals surface area (Å²) in [6.07, 6.45) is 3.21. The summed E-state index contributed by atoms with van der Waals surface area (Å²) >= 11 is 0.976. The fraction of sp³-hybridized carbons (Fsp3) is 0.367. The molecule has 1 unspecified atom stereocenters. The van der Waals surface area contributed by atoms with Gasteiger partial charge in [-0.15, -0.1) is 0 Å². The van der Waals surface area contributed by atoms with Crippen LogP contribution in [0.1, 0.15) is 18.4 Å². The van der Waals surface area contributed by atoms with Crippen LogP contribution >= 0.6 is 11.3 Å². The lowest BCUT2D eigenvalue weighted by Gasteiger charge is -2.35. The number of hydrogen-bond acceptors (Lipinski definition) is 10. The van der Waals surface area contributed by atoms with Crippen molar-refractivity contribution in [3.05, 3.63) is 48.1 Å². The molecule has 6 rings (SSSR count). The molecule has 0 aliphatic carbocycles. The zero-order valence-corrected chi connectivity index (χ0v) is 24.5. The number of likely N-dealkylation sites (N-methyl/N-ethyl adjacent to an activating group) is 1. The third kappa shape index (κ3) is 5.32. The maximum atomic E-state index is 16.8. The topological polar surface area (TPSA) is 124 Å². The SMILES string of the molecule is C=CC(=O)N1CCN(c2nc(OCC3CCCN3C)nc3c(F)c(-c4ccc(F)c5sc(N)nc45)c(CC#N)cc23)CC1. The largest absolute Gasteiger partial charge is 0.462 e. The molecule has 0 saturated carbocycles. The number of anilines is 2. The van der Waals surface area contributed by atoms with Crippen molar-refractivity contribution in [1.29, 1.82) is 5.26 Å². The lowest BCUT2D eigenvalue weighted by atomic mass is 9.94. The van der Waals surface area contributed by atoms with Crippen molar-refractivity contribution in [3.63, 3.8) is 0 Å². The molecule has 2 aromatic heterocycles. The first-order valence-electron chi connectivity index (χ1n) is 14.0. The Morgan fingerprint density at radius 2 is 2.00 bits per heavy atom. The van der Waals surface area contributed by atoms with Crippen molar-refractivity contribution in [2.24, 2.45) is 0 Å². The third-order valence-electron chi connectivity index (χ3n) is 8.16. The summed E-state index contributed by atoms with van der Waals surface area (Å²) in [5.41, 5.74) is 6.96. The quantitative estimate of drug-likeness (QED) is 0.310. The van der Waals surface area contributed by atoms with Crippen molar-refractivity contribution < 1.29 is 18.3 Å². The lowest BCUT2D eigenvalue weighted by Crippen LogP contribution is -2.48. The number of nitrogens with zero attached hydrogens (tertiary/aromatic N) is 7. The molecule has 2 aromatic carbocycles. The summed E-state index contributed by atoms with van der Waals surface area (Å²) in [6, 6.07) is 6.76. The van der Waals surface area contributed by atoms with Crippen LogP contribution in [0.4, 0.5) is 19.7 Å². The Balaban J connectivity index is 1.51. The predicted molar refractivity (Wildman–Crippen MR) is 162 cm³/mol. The number of nitriles is 1. The molecule has 13 heteroatoms. The molecule has 2 aliphatic rings. The Bertz CT molecular complexity index is 1780. The van der Waals surface area contributed by atoms with Crippen LogP contribution in [0.15, 0.2) is 30.9 Å². The van der Waals surface area contributed by atoms with E-state index in [-0.39, 0.29) is 50.8 Å². The highest BCUT2D eigenvalue weighted by atomic mass is 32.1. The Labute approximate surface area is 251 Å². The first-order chi connectivity index (χ1) is 20.8. The first kappa shape index (κ1) is 28.7. The molecule has 4 heterocycles. The summed E-state index contributed by atoms with van der Waals surface area (Å²) in [5.74, 6) is -0.897. The van der Waals surface area contributed by atoms with E-state index in [0.717, 1.165) is 30.7 Å². The van der Waals surface area contributed by atoms with E-state index in [1.54, 1.807) is 11.0 Å². The molecule has 10 nitrogen and oxygen atoms in total.